The van der Waals surface area contributed by atoms with E-state index in [1.165, 1.54) is 6.07 Å². The van der Waals surface area contributed by atoms with Crippen molar-refractivity contribution in [1.29, 1.82) is 0 Å². The summed E-state index contributed by atoms with van der Waals surface area (Å²) in [6.07, 6.45) is -0.657. The largest absolute Gasteiger partial charge is 0.480 e. The van der Waals surface area contributed by atoms with Crippen LogP contribution in [0.15, 0.2) is 59.1 Å². The fourth-order valence-electron chi connectivity index (χ4n) is 3.59. The molecule has 0 aromatic heterocycles. The van der Waals surface area contributed by atoms with Gasteiger partial charge in [-0.1, -0.05) is 57.9 Å². The van der Waals surface area contributed by atoms with Crippen LogP contribution in [-0.4, -0.2) is 15.0 Å². The molecule has 4 rings (SSSR count). The van der Waals surface area contributed by atoms with E-state index in [-0.39, 0.29) is 11.5 Å². The summed E-state index contributed by atoms with van der Waals surface area (Å²) in [6, 6.07) is 15.0. The maximum absolute atomic E-state index is 13.1. The third kappa shape index (κ3) is 4.85. The van der Waals surface area contributed by atoms with Crippen LogP contribution >= 0.6 is 27.5 Å². The number of fused-ring (bicyclic) bond motifs is 3. The summed E-state index contributed by atoms with van der Waals surface area (Å²) in [7, 11) is -3.77. The van der Waals surface area contributed by atoms with Gasteiger partial charge in [-0.15, -0.1) is 0 Å². The van der Waals surface area contributed by atoms with Crippen molar-refractivity contribution in [3.63, 3.8) is 0 Å². The first-order chi connectivity index (χ1) is 14.6. The molecule has 1 unspecified atom stereocenters. The first-order valence-corrected chi connectivity index (χ1v) is 11.8. The van der Waals surface area contributed by atoms with E-state index in [0.717, 1.165) is 0 Å². The second kappa shape index (κ2) is 8.38. The number of benzene rings is 3. The highest BCUT2D eigenvalue weighted by molar-refractivity contribution is 9.10. The van der Waals surface area contributed by atoms with Crippen LogP contribution in [0.25, 0.3) is 11.1 Å². The molecule has 2 N–H and O–H groups in total. The Balaban J connectivity index is 1.95. The Morgan fingerprint density at radius 3 is 2.61 bits per heavy atom. The van der Waals surface area contributed by atoms with Crippen LogP contribution in [0.4, 0.5) is 8.78 Å². The van der Waals surface area contributed by atoms with Gasteiger partial charge in [0.1, 0.15) is 17.6 Å². The molecule has 0 radical (unpaired) electrons. The number of hydrogen-bond donors (Lipinski definition) is 1. The molecule has 1 heterocycles. The molecular weight excluding hydrogens is 516 g/mol. The molecule has 0 fully saturated rings. The Bertz CT molecular complexity index is 1270. The SMILES string of the molecule is NS(=O)(=O)Cc1ccc2c(c1)C(c1cccc(Cl)c1)Oc1cc(Br)cc(OC(F)F)c1-2. The molecule has 1 atom stereocenters. The highest BCUT2D eigenvalue weighted by Crippen LogP contribution is 2.50. The molecule has 0 saturated carbocycles. The molecule has 5 nitrogen and oxygen atoms in total. The van der Waals surface area contributed by atoms with Gasteiger partial charge in [0.25, 0.3) is 0 Å². The standard InChI is InChI=1S/C21H15BrClF2NO4S/c22-13-8-17-19(18(9-13)30-21(24)25)15-5-4-11(10-31(26,27)28)6-16(15)20(29-17)12-2-1-3-14(23)7-12/h1-9,20-21H,10H2,(H2,26,27,28). The number of halogens is 4. The van der Waals surface area contributed by atoms with Gasteiger partial charge in [-0.05, 0) is 41.0 Å². The molecule has 10 heteroatoms. The molecule has 0 amide bonds. The smallest absolute Gasteiger partial charge is 0.387 e. The van der Waals surface area contributed by atoms with Crippen molar-refractivity contribution in [2.24, 2.45) is 5.14 Å². The number of ether oxygens (including phenoxy) is 2. The zero-order chi connectivity index (χ0) is 22.3. The molecule has 1 aliphatic rings. The number of primary sulfonamides is 1. The van der Waals surface area contributed by atoms with Gasteiger partial charge in [-0.2, -0.15) is 8.78 Å². The third-order valence-corrected chi connectivity index (χ3v) is 6.11. The first kappa shape index (κ1) is 22.0. The zero-order valence-electron chi connectivity index (χ0n) is 15.7. The summed E-state index contributed by atoms with van der Waals surface area (Å²) in [5.41, 5.74) is 2.65. The molecule has 0 saturated heterocycles. The Labute approximate surface area is 190 Å². The Morgan fingerprint density at radius 2 is 1.94 bits per heavy atom. The summed E-state index contributed by atoms with van der Waals surface area (Å²) in [6.45, 7) is -3.03. The molecule has 0 spiro atoms. The lowest BCUT2D eigenvalue weighted by Gasteiger charge is -2.31. The monoisotopic (exact) mass is 529 g/mol. The molecule has 162 valence electrons. The van der Waals surface area contributed by atoms with Gasteiger partial charge in [0.05, 0.1) is 11.3 Å². The predicted octanol–water partition coefficient (Wildman–Crippen LogP) is 5.64. The van der Waals surface area contributed by atoms with E-state index in [4.69, 9.17) is 26.2 Å². The number of nitrogens with two attached hydrogens (primary N) is 1. The molecule has 3 aromatic rings. The molecule has 31 heavy (non-hydrogen) atoms. The van der Waals surface area contributed by atoms with Crippen LogP contribution in [-0.2, 0) is 15.8 Å². The van der Waals surface area contributed by atoms with E-state index in [1.807, 2.05) is 6.07 Å². The topological polar surface area (TPSA) is 78.6 Å². The van der Waals surface area contributed by atoms with Crippen molar-refractivity contribution in [3.05, 3.63) is 80.8 Å². The highest BCUT2D eigenvalue weighted by atomic mass is 79.9. The maximum Gasteiger partial charge on any atom is 0.387 e. The molecule has 0 bridgehead atoms. The van der Waals surface area contributed by atoms with Gasteiger partial charge >= 0.3 is 6.61 Å². The van der Waals surface area contributed by atoms with Gasteiger partial charge in [0.2, 0.25) is 10.0 Å². The van der Waals surface area contributed by atoms with Crippen LogP contribution in [0.2, 0.25) is 5.02 Å². The second-order valence-corrected chi connectivity index (χ2v) is 9.90. The first-order valence-electron chi connectivity index (χ1n) is 8.95. The number of alkyl halides is 2. The van der Waals surface area contributed by atoms with Gasteiger partial charge in [0.15, 0.2) is 0 Å². The van der Waals surface area contributed by atoms with E-state index in [2.05, 4.69) is 15.9 Å². The van der Waals surface area contributed by atoms with Crippen LogP contribution in [0.5, 0.6) is 11.5 Å². The van der Waals surface area contributed by atoms with E-state index < -0.39 is 22.7 Å². The van der Waals surface area contributed by atoms with E-state index >= 15 is 0 Å². The lowest BCUT2D eigenvalue weighted by atomic mass is 9.88. The lowest BCUT2D eigenvalue weighted by molar-refractivity contribution is -0.0496. The Morgan fingerprint density at radius 1 is 1.16 bits per heavy atom. The molecule has 0 aliphatic carbocycles. The summed E-state index contributed by atoms with van der Waals surface area (Å²) < 4.78 is 60.7. The fraction of sp³-hybridized carbons (Fsp3) is 0.143. The average Bonchev–Trinajstić information content (AvgIpc) is 2.65. The quantitative estimate of drug-likeness (QED) is 0.463. The average molecular weight is 531 g/mol. The minimum Gasteiger partial charge on any atom is -0.480 e. The summed E-state index contributed by atoms with van der Waals surface area (Å²) >= 11 is 9.45. The minimum atomic E-state index is -3.77. The van der Waals surface area contributed by atoms with Gasteiger partial charge in [-0.3, -0.25) is 0 Å². The second-order valence-electron chi connectivity index (χ2n) is 6.94. The molecule has 1 aliphatic heterocycles. The Hall–Kier alpha value is -2.20. The molecule has 3 aromatic carbocycles. The van der Waals surface area contributed by atoms with Crippen molar-refractivity contribution in [3.8, 4) is 22.6 Å². The number of rotatable bonds is 5. The summed E-state index contributed by atoms with van der Waals surface area (Å²) in [5, 5.41) is 5.69. The number of sulfonamides is 1. The minimum absolute atomic E-state index is 0.0654. The van der Waals surface area contributed by atoms with Crippen molar-refractivity contribution >= 4 is 37.6 Å². The van der Waals surface area contributed by atoms with Crippen LogP contribution in [0.1, 0.15) is 22.8 Å². The van der Waals surface area contributed by atoms with Crippen LogP contribution in [0, 0.1) is 0 Å². The van der Waals surface area contributed by atoms with Crippen molar-refractivity contribution in [2.45, 2.75) is 18.5 Å². The Kier molecular flexibility index (Phi) is 5.95. The molecular formula is C21H15BrClF2NO4S. The highest BCUT2D eigenvalue weighted by Gasteiger charge is 2.31. The normalized spacial score (nSPS) is 15.2. The third-order valence-electron chi connectivity index (χ3n) is 4.68. The van der Waals surface area contributed by atoms with Crippen molar-refractivity contribution in [1.82, 2.24) is 0 Å². The van der Waals surface area contributed by atoms with E-state index in [0.29, 0.717) is 43.1 Å². The number of hydrogen-bond acceptors (Lipinski definition) is 4. The lowest BCUT2D eigenvalue weighted by Crippen LogP contribution is -2.18. The van der Waals surface area contributed by atoms with Crippen LogP contribution < -0.4 is 14.6 Å². The van der Waals surface area contributed by atoms with Crippen molar-refractivity contribution < 1.29 is 26.7 Å². The van der Waals surface area contributed by atoms with Gasteiger partial charge in [0, 0.05) is 15.1 Å². The van der Waals surface area contributed by atoms with Crippen LogP contribution in [0.3, 0.4) is 0 Å². The van der Waals surface area contributed by atoms with E-state index in [1.54, 1.807) is 42.5 Å². The van der Waals surface area contributed by atoms with Gasteiger partial charge in [-0.25, -0.2) is 13.6 Å². The predicted molar refractivity (Wildman–Crippen MR) is 117 cm³/mol. The summed E-state index contributed by atoms with van der Waals surface area (Å²) in [5.74, 6) is -0.109. The zero-order valence-corrected chi connectivity index (χ0v) is 18.8. The van der Waals surface area contributed by atoms with E-state index in [9.17, 15) is 17.2 Å². The fourth-order valence-corrected chi connectivity index (χ4v) is 4.85. The maximum atomic E-state index is 13.1. The summed E-state index contributed by atoms with van der Waals surface area (Å²) in [4.78, 5) is 0. The van der Waals surface area contributed by atoms with Crippen molar-refractivity contribution in [2.75, 3.05) is 0 Å². The van der Waals surface area contributed by atoms with Gasteiger partial charge < -0.3 is 9.47 Å².